The number of carboxylic acids is 1. The minimum atomic E-state index is -1.24. The number of aromatic hydroxyl groups is 1. The van der Waals surface area contributed by atoms with Crippen LogP contribution in [0.3, 0.4) is 0 Å². The maximum atomic E-state index is 11.9. The Balaban J connectivity index is 2.54. The van der Waals surface area contributed by atoms with E-state index in [0.717, 1.165) is 12.3 Å². The summed E-state index contributed by atoms with van der Waals surface area (Å²) in [4.78, 5) is 36.1. The van der Waals surface area contributed by atoms with Crippen LogP contribution in [0.1, 0.15) is 10.5 Å². The topological polar surface area (TPSA) is 143 Å². The highest BCUT2D eigenvalue weighted by atomic mass is 16.6. The number of carbonyl (C=O) groups excluding carboxylic acids is 1. The average molecular weight is 291 g/mol. The number of nitrogens with one attached hydrogen (secondary N) is 1. The van der Waals surface area contributed by atoms with Crippen molar-refractivity contribution < 1.29 is 24.7 Å². The number of rotatable bonds is 4. The zero-order valence-corrected chi connectivity index (χ0v) is 10.4. The van der Waals surface area contributed by atoms with Crippen molar-refractivity contribution in [1.29, 1.82) is 0 Å². The maximum absolute atomic E-state index is 11.9. The summed E-state index contributed by atoms with van der Waals surface area (Å²) in [5.74, 6) is -2.28. The van der Waals surface area contributed by atoms with Gasteiger partial charge in [-0.2, -0.15) is 0 Å². The first-order valence-corrected chi connectivity index (χ1v) is 5.66. The third-order valence-corrected chi connectivity index (χ3v) is 2.68. The molecule has 1 aromatic heterocycles. The highest BCUT2D eigenvalue weighted by Gasteiger charge is 2.17. The number of nitrogens with zero attached hydrogens (tertiary/aromatic N) is 2. The van der Waals surface area contributed by atoms with Gasteiger partial charge in [-0.25, -0.2) is 4.98 Å². The van der Waals surface area contributed by atoms with E-state index < -0.39 is 23.3 Å². The zero-order chi connectivity index (χ0) is 15.6. The lowest BCUT2D eigenvalue weighted by Crippen LogP contribution is -2.30. The molecule has 108 valence electrons. The molecule has 0 radical (unpaired) electrons. The molecule has 0 saturated carbocycles. The van der Waals surface area contributed by atoms with Gasteiger partial charge in [-0.1, -0.05) is 0 Å². The fraction of sp³-hybridized carbons (Fsp3) is 0.0833. The Morgan fingerprint density at radius 3 is 2.67 bits per heavy atom. The van der Waals surface area contributed by atoms with Crippen molar-refractivity contribution in [2.45, 2.75) is 0 Å². The number of pyridine rings is 1. The molecule has 0 spiro atoms. The van der Waals surface area contributed by atoms with Crippen molar-refractivity contribution in [2.24, 2.45) is 0 Å². The first kappa shape index (κ1) is 14.2. The fourth-order valence-electron chi connectivity index (χ4n) is 1.75. The van der Waals surface area contributed by atoms with E-state index in [-0.39, 0.29) is 27.9 Å². The average Bonchev–Trinajstić information content (AvgIpc) is 2.44. The Bertz CT molecular complexity index is 758. The third-order valence-electron chi connectivity index (χ3n) is 2.68. The molecule has 0 aliphatic rings. The Kier molecular flexibility index (Phi) is 3.65. The van der Waals surface area contributed by atoms with Gasteiger partial charge in [-0.05, 0) is 6.07 Å². The van der Waals surface area contributed by atoms with Gasteiger partial charge in [0.05, 0.1) is 11.1 Å². The molecule has 3 N–H and O–H groups in total. The Morgan fingerprint density at radius 2 is 2.05 bits per heavy atom. The molecular formula is C12H9N3O6. The van der Waals surface area contributed by atoms with E-state index in [1.807, 2.05) is 0 Å². The minimum absolute atomic E-state index is 0.0621. The van der Waals surface area contributed by atoms with Crippen molar-refractivity contribution in [3.05, 3.63) is 40.2 Å². The molecule has 0 atom stereocenters. The van der Waals surface area contributed by atoms with E-state index in [2.05, 4.69) is 10.3 Å². The molecule has 21 heavy (non-hydrogen) atoms. The molecule has 1 heterocycles. The van der Waals surface area contributed by atoms with Gasteiger partial charge < -0.3 is 15.5 Å². The summed E-state index contributed by atoms with van der Waals surface area (Å²) in [7, 11) is 0. The Morgan fingerprint density at radius 1 is 1.33 bits per heavy atom. The van der Waals surface area contributed by atoms with Crippen LogP contribution in [0.2, 0.25) is 0 Å². The summed E-state index contributed by atoms with van der Waals surface area (Å²) < 4.78 is 0. The molecule has 9 nitrogen and oxygen atoms in total. The number of benzene rings is 1. The third kappa shape index (κ3) is 2.86. The normalized spacial score (nSPS) is 10.3. The van der Waals surface area contributed by atoms with Crippen molar-refractivity contribution in [1.82, 2.24) is 10.3 Å². The van der Waals surface area contributed by atoms with Gasteiger partial charge in [0.2, 0.25) is 0 Å². The van der Waals surface area contributed by atoms with Crippen LogP contribution >= 0.6 is 0 Å². The lowest BCUT2D eigenvalue weighted by Gasteiger charge is -2.07. The van der Waals surface area contributed by atoms with Gasteiger partial charge in [-0.3, -0.25) is 19.7 Å². The first-order valence-electron chi connectivity index (χ1n) is 5.66. The van der Waals surface area contributed by atoms with Gasteiger partial charge in [-0.15, -0.1) is 0 Å². The maximum Gasteiger partial charge on any atom is 0.322 e. The van der Waals surface area contributed by atoms with Gasteiger partial charge in [0.25, 0.3) is 11.6 Å². The Hall–Kier alpha value is -3.23. The molecule has 2 rings (SSSR count). The first-order chi connectivity index (χ1) is 9.90. The summed E-state index contributed by atoms with van der Waals surface area (Å²) in [6, 6.07) is 3.57. The van der Waals surface area contributed by atoms with Crippen LogP contribution in [0, 0.1) is 10.1 Å². The van der Waals surface area contributed by atoms with Gasteiger partial charge in [0, 0.05) is 22.9 Å². The SMILES string of the molecule is O=C(O)CNC(=O)c1ncc(O)c2ccc([N+](=O)[O-])cc12. The van der Waals surface area contributed by atoms with E-state index in [1.54, 1.807) is 0 Å². The lowest BCUT2D eigenvalue weighted by atomic mass is 10.1. The Labute approximate surface area is 117 Å². The largest absolute Gasteiger partial charge is 0.506 e. The molecule has 2 aromatic rings. The van der Waals surface area contributed by atoms with Gasteiger partial charge in [0.15, 0.2) is 0 Å². The zero-order valence-electron chi connectivity index (χ0n) is 10.4. The summed E-state index contributed by atoms with van der Waals surface area (Å²) in [5.41, 5.74) is -0.477. The number of non-ortho nitro benzene ring substituents is 1. The molecule has 0 aliphatic heterocycles. The van der Waals surface area contributed by atoms with Gasteiger partial charge in [0.1, 0.15) is 18.0 Å². The van der Waals surface area contributed by atoms with E-state index >= 15 is 0 Å². The van der Waals surface area contributed by atoms with Crippen LogP contribution in [-0.4, -0.2) is 38.5 Å². The smallest absolute Gasteiger partial charge is 0.322 e. The molecule has 0 aliphatic carbocycles. The fourth-order valence-corrected chi connectivity index (χ4v) is 1.75. The number of hydrogen-bond acceptors (Lipinski definition) is 6. The molecule has 0 saturated heterocycles. The standard InChI is InChI=1S/C12H9N3O6/c16-9-4-13-11(12(19)14-5-10(17)18)8-3-6(15(20)21)1-2-7(8)9/h1-4,16H,5H2,(H,14,19)(H,17,18). The van der Waals surface area contributed by atoms with Crippen molar-refractivity contribution in [3.63, 3.8) is 0 Å². The van der Waals surface area contributed by atoms with E-state index in [0.29, 0.717) is 0 Å². The monoisotopic (exact) mass is 291 g/mol. The van der Waals surface area contributed by atoms with Crippen molar-refractivity contribution in [3.8, 4) is 5.75 Å². The quantitative estimate of drug-likeness (QED) is 0.554. The summed E-state index contributed by atoms with van der Waals surface area (Å²) in [6.45, 7) is -0.613. The molecule has 9 heteroatoms. The van der Waals surface area contributed by atoms with Crippen molar-refractivity contribution >= 4 is 28.3 Å². The van der Waals surface area contributed by atoms with Crippen LogP contribution in [0.4, 0.5) is 5.69 Å². The second kappa shape index (κ2) is 5.41. The highest BCUT2D eigenvalue weighted by molar-refractivity contribution is 6.07. The number of aliphatic carboxylic acids is 1. The summed E-state index contributed by atoms with van der Waals surface area (Å²) in [5, 5.41) is 31.3. The van der Waals surface area contributed by atoms with Crippen molar-refractivity contribution in [2.75, 3.05) is 6.54 Å². The summed E-state index contributed by atoms with van der Waals surface area (Å²) >= 11 is 0. The van der Waals surface area contributed by atoms with Crippen LogP contribution in [0.25, 0.3) is 10.8 Å². The number of carbonyl (C=O) groups is 2. The van der Waals surface area contributed by atoms with Crippen LogP contribution in [0.15, 0.2) is 24.4 Å². The predicted molar refractivity (Wildman–Crippen MR) is 70.0 cm³/mol. The van der Waals surface area contributed by atoms with Crippen LogP contribution in [0.5, 0.6) is 5.75 Å². The second-order valence-electron chi connectivity index (χ2n) is 4.06. The van der Waals surface area contributed by atoms with E-state index in [4.69, 9.17) is 5.11 Å². The van der Waals surface area contributed by atoms with E-state index in [9.17, 15) is 24.8 Å². The molecule has 0 unspecified atom stereocenters. The summed E-state index contributed by atoms with van der Waals surface area (Å²) in [6.07, 6.45) is 1.02. The minimum Gasteiger partial charge on any atom is -0.506 e. The van der Waals surface area contributed by atoms with Gasteiger partial charge >= 0.3 is 5.97 Å². The van der Waals surface area contributed by atoms with E-state index in [1.165, 1.54) is 12.1 Å². The number of hydrogen-bond donors (Lipinski definition) is 3. The molecular weight excluding hydrogens is 282 g/mol. The highest BCUT2D eigenvalue weighted by Crippen LogP contribution is 2.29. The van der Waals surface area contributed by atoms with Crippen LogP contribution < -0.4 is 5.32 Å². The second-order valence-corrected chi connectivity index (χ2v) is 4.06. The number of aromatic nitrogens is 1. The molecule has 0 bridgehead atoms. The number of fused-ring (bicyclic) bond motifs is 1. The number of nitro benzene ring substituents is 1. The molecule has 1 aromatic carbocycles. The molecule has 1 amide bonds. The number of amides is 1. The number of carboxylic acid groups (broad SMARTS) is 1. The number of nitro groups is 1. The van der Waals surface area contributed by atoms with Crippen LogP contribution in [-0.2, 0) is 4.79 Å². The molecule has 0 fully saturated rings. The predicted octanol–water partition coefficient (Wildman–Crippen LogP) is 0.663. The lowest BCUT2D eigenvalue weighted by molar-refractivity contribution is -0.384.